The average molecular weight is 496 g/mol. The van der Waals surface area contributed by atoms with E-state index in [-0.39, 0.29) is 24.0 Å². The molecule has 0 saturated heterocycles. The summed E-state index contributed by atoms with van der Waals surface area (Å²) >= 11 is 0. The molecule has 0 amide bonds. The number of methoxy groups -OCH3 is 1. The van der Waals surface area contributed by atoms with Crippen molar-refractivity contribution in [2.45, 2.75) is 32.9 Å². The first-order chi connectivity index (χ1) is 13.3. The third-order valence-electron chi connectivity index (χ3n) is 4.39. The summed E-state index contributed by atoms with van der Waals surface area (Å²) in [7, 11) is 1.62. The molecule has 1 aromatic carbocycles. The van der Waals surface area contributed by atoms with Crippen LogP contribution >= 0.6 is 24.0 Å². The predicted molar refractivity (Wildman–Crippen MR) is 123 cm³/mol. The molecule has 152 valence electrons. The normalized spacial score (nSPS) is 13.4. The molecular formula is C21H29IN4O2. The van der Waals surface area contributed by atoms with Crippen LogP contribution < -0.4 is 20.1 Å². The number of ether oxygens (including phenoxy) is 2. The lowest BCUT2D eigenvalue weighted by molar-refractivity contribution is 0.296. The van der Waals surface area contributed by atoms with Crippen LogP contribution in [-0.2, 0) is 13.1 Å². The minimum Gasteiger partial charge on any atom is -0.493 e. The maximum absolute atomic E-state index is 5.99. The van der Waals surface area contributed by atoms with Crippen molar-refractivity contribution in [2.24, 2.45) is 10.9 Å². The van der Waals surface area contributed by atoms with Gasteiger partial charge < -0.3 is 20.1 Å². The summed E-state index contributed by atoms with van der Waals surface area (Å²) < 4.78 is 11.3. The predicted octanol–water partition coefficient (Wildman–Crippen LogP) is 3.75. The highest BCUT2D eigenvalue weighted by atomic mass is 127. The van der Waals surface area contributed by atoms with E-state index in [1.54, 1.807) is 13.3 Å². The van der Waals surface area contributed by atoms with Gasteiger partial charge in [-0.15, -0.1) is 24.0 Å². The quantitative estimate of drug-likeness (QED) is 0.315. The number of rotatable bonds is 9. The number of para-hydroxylation sites is 1. The van der Waals surface area contributed by atoms with E-state index < -0.39 is 0 Å². The van der Waals surface area contributed by atoms with Crippen LogP contribution in [0.5, 0.6) is 11.6 Å². The van der Waals surface area contributed by atoms with Gasteiger partial charge in [0.2, 0.25) is 5.88 Å². The molecule has 28 heavy (non-hydrogen) atoms. The van der Waals surface area contributed by atoms with Gasteiger partial charge in [0, 0.05) is 30.4 Å². The standard InChI is InChI=1S/C21H28N4O2.HI/c1-3-22-21(25-14-18-8-6-12-23-20(18)26-2)24-13-17-7-4-5-9-19(17)27-15-16-10-11-16;/h4-9,12,16H,3,10-11,13-15H2,1-2H3,(H2,22,24,25);1H. The van der Waals surface area contributed by atoms with Gasteiger partial charge in [0.1, 0.15) is 5.75 Å². The Hall–Kier alpha value is -2.03. The van der Waals surface area contributed by atoms with Crippen LogP contribution in [0.4, 0.5) is 0 Å². The van der Waals surface area contributed by atoms with Gasteiger partial charge in [-0.3, -0.25) is 0 Å². The number of aliphatic imine (C=N–C) groups is 1. The maximum Gasteiger partial charge on any atom is 0.218 e. The average Bonchev–Trinajstić information content (AvgIpc) is 3.54. The molecule has 2 aromatic rings. The summed E-state index contributed by atoms with van der Waals surface area (Å²) in [4.78, 5) is 8.87. The molecule has 0 aliphatic heterocycles. The molecule has 0 radical (unpaired) electrons. The Labute approximate surface area is 184 Å². The zero-order chi connectivity index (χ0) is 18.9. The molecule has 1 fully saturated rings. The zero-order valence-corrected chi connectivity index (χ0v) is 18.8. The maximum atomic E-state index is 5.99. The van der Waals surface area contributed by atoms with Gasteiger partial charge in [0.05, 0.1) is 20.3 Å². The number of benzene rings is 1. The lowest BCUT2D eigenvalue weighted by atomic mass is 10.2. The first kappa shape index (κ1) is 22.3. The van der Waals surface area contributed by atoms with Crippen molar-refractivity contribution in [3.63, 3.8) is 0 Å². The Morgan fingerprint density at radius 2 is 1.93 bits per heavy atom. The lowest BCUT2D eigenvalue weighted by Crippen LogP contribution is -2.36. The van der Waals surface area contributed by atoms with E-state index in [1.807, 2.05) is 30.3 Å². The van der Waals surface area contributed by atoms with Gasteiger partial charge >= 0.3 is 0 Å². The van der Waals surface area contributed by atoms with E-state index in [1.165, 1.54) is 12.8 Å². The van der Waals surface area contributed by atoms with Crippen LogP contribution in [0.25, 0.3) is 0 Å². The van der Waals surface area contributed by atoms with Crippen LogP contribution in [0.2, 0.25) is 0 Å². The van der Waals surface area contributed by atoms with Crippen LogP contribution in [0.1, 0.15) is 30.9 Å². The second kappa shape index (κ2) is 11.7. The van der Waals surface area contributed by atoms with Gasteiger partial charge in [-0.05, 0) is 37.8 Å². The van der Waals surface area contributed by atoms with E-state index in [0.29, 0.717) is 19.0 Å². The van der Waals surface area contributed by atoms with Gasteiger partial charge in [0.25, 0.3) is 0 Å². The zero-order valence-electron chi connectivity index (χ0n) is 16.5. The number of guanidine groups is 1. The molecule has 2 N–H and O–H groups in total. The number of nitrogens with one attached hydrogen (secondary N) is 2. The molecule has 6 nitrogen and oxygen atoms in total. The first-order valence-electron chi connectivity index (χ1n) is 9.51. The van der Waals surface area contributed by atoms with Crippen molar-refractivity contribution in [3.8, 4) is 11.6 Å². The van der Waals surface area contributed by atoms with Crippen molar-refractivity contribution in [2.75, 3.05) is 20.3 Å². The Kier molecular flexibility index (Phi) is 9.33. The number of halogens is 1. The molecule has 1 aliphatic rings. The number of hydrogen-bond acceptors (Lipinski definition) is 4. The highest BCUT2D eigenvalue weighted by Crippen LogP contribution is 2.30. The Balaban J connectivity index is 0.00000280. The number of hydrogen-bond donors (Lipinski definition) is 2. The number of pyridine rings is 1. The van der Waals surface area contributed by atoms with Gasteiger partial charge in [0.15, 0.2) is 5.96 Å². The summed E-state index contributed by atoms with van der Waals surface area (Å²) in [5.74, 6) is 3.04. The molecule has 3 rings (SSSR count). The third kappa shape index (κ3) is 6.85. The second-order valence-electron chi connectivity index (χ2n) is 6.58. The fraction of sp³-hybridized carbons (Fsp3) is 0.429. The molecule has 0 bridgehead atoms. The highest BCUT2D eigenvalue weighted by molar-refractivity contribution is 14.0. The molecule has 7 heteroatoms. The van der Waals surface area contributed by atoms with Crippen LogP contribution in [0.3, 0.4) is 0 Å². The summed E-state index contributed by atoms with van der Waals surface area (Å²) in [5.41, 5.74) is 2.08. The molecular weight excluding hydrogens is 467 g/mol. The Morgan fingerprint density at radius 3 is 2.68 bits per heavy atom. The van der Waals surface area contributed by atoms with Crippen molar-refractivity contribution < 1.29 is 9.47 Å². The molecule has 1 aromatic heterocycles. The molecule has 1 aliphatic carbocycles. The highest BCUT2D eigenvalue weighted by Gasteiger charge is 2.22. The second-order valence-corrected chi connectivity index (χ2v) is 6.58. The molecule has 1 saturated carbocycles. The van der Waals surface area contributed by atoms with E-state index in [4.69, 9.17) is 9.47 Å². The van der Waals surface area contributed by atoms with Crippen molar-refractivity contribution in [1.29, 1.82) is 0 Å². The summed E-state index contributed by atoms with van der Waals surface area (Å²) in [5, 5.41) is 6.66. The van der Waals surface area contributed by atoms with E-state index in [0.717, 1.165) is 41.9 Å². The topological polar surface area (TPSA) is 67.8 Å². The van der Waals surface area contributed by atoms with Crippen LogP contribution in [0, 0.1) is 5.92 Å². The summed E-state index contributed by atoms with van der Waals surface area (Å²) in [6.45, 7) is 4.79. The van der Waals surface area contributed by atoms with E-state index in [2.05, 4.69) is 33.6 Å². The SMILES string of the molecule is CCNC(=NCc1cccnc1OC)NCc1ccccc1OCC1CC1.I. The first-order valence-corrected chi connectivity index (χ1v) is 9.51. The van der Waals surface area contributed by atoms with Crippen LogP contribution in [-0.4, -0.2) is 31.2 Å². The van der Waals surface area contributed by atoms with E-state index >= 15 is 0 Å². The fourth-order valence-corrected chi connectivity index (χ4v) is 2.70. The molecule has 1 heterocycles. The molecule has 0 spiro atoms. The molecule has 0 atom stereocenters. The monoisotopic (exact) mass is 496 g/mol. The lowest BCUT2D eigenvalue weighted by Gasteiger charge is -2.15. The number of aromatic nitrogens is 1. The smallest absolute Gasteiger partial charge is 0.218 e. The minimum atomic E-state index is 0. The van der Waals surface area contributed by atoms with Crippen molar-refractivity contribution >= 4 is 29.9 Å². The van der Waals surface area contributed by atoms with Gasteiger partial charge in [-0.1, -0.05) is 24.3 Å². The third-order valence-corrected chi connectivity index (χ3v) is 4.39. The fourth-order valence-electron chi connectivity index (χ4n) is 2.70. The molecule has 0 unspecified atom stereocenters. The largest absolute Gasteiger partial charge is 0.493 e. The minimum absolute atomic E-state index is 0. The van der Waals surface area contributed by atoms with Gasteiger partial charge in [-0.25, -0.2) is 9.98 Å². The summed E-state index contributed by atoms with van der Waals surface area (Å²) in [6.07, 6.45) is 4.29. The number of nitrogens with zero attached hydrogens (tertiary/aromatic N) is 2. The summed E-state index contributed by atoms with van der Waals surface area (Å²) in [6, 6.07) is 12.0. The van der Waals surface area contributed by atoms with Crippen molar-refractivity contribution in [3.05, 3.63) is 53.7 Å². The van der Waals surface area contributed by atoms with Crippen molar-refractivity contribution in [1.82, 2.24) is 15.6 Å². The Morgan fingerprint density at radius 1 is 1.14 bits per heavy atom. The van der Waals surface area contributed by atoms with Gasteiger partial charge in [-0.2, -0.15) is 0 Å². The Bertz CT molecular complexity index is 766. The van der Waals surface area contributed by atoms with E-state index in [9.17, 15) is 0 Å². The van der Waals surface area contributed by atoms with Crippen LogP contribution in [0.15, 0.2) is 47.6 Å².